The van der Waals surface area contributed by atoms with Crippen LogP contribution in [-0.4, -0.2) is 53.4 Å². The van der Waals surface area contributed by atoms with Crippen molar-refractivity contribution in [2.75, 3.05) is 25.3 Å². The molecule has 3 heterocycles. The maximum absolute atomic E-state index is 11.9. The molecule has 10 heteroatoms. The van der Waals surface area contributed by atoms with Gasteiger partial charge in [-0.05, 0) is 32.0 Å². The predicted octanol–water partition coefficient (Wildman–Crippen LogP) is 2.84. The van der Waals surface area contributed by atoms with Crippen molar-refractivity contribution in [1.29, 1.82) is 0 Å². The summed E-state index contributed by atoms with van der Waals surface area (Å²) in [4.78, 5) is 4.91. The minimum absolute atomic E-state index is 0.247. The highest BCUT2D eigenvalue weighted by molar-refractivity contribution is 7.90. The van der Waals surface area contributed by atoms with Gasteiger partial charge in [-0.25, -0.2) is 13.4 Å². The van der Waals surface area contributed by atoms with E-state index < -0.39 is 9.84 Å². The van der Waals surface area contributed by atoms with Gasteiger partial charge in [-0.3, -0.25) is 9.78 Å². The van der Waals surface area contributed by atoms with E-state index in [1.54, 1.807) is 37.7 Å². The highest BCUT2D eigenvalue weighted by atomic mass is 32.2. The van der Waals surface area contributed by atoms with Gasteiger partial charge >= 0.3 is 0 Å². The molecule has 1 aromatic carbocycles. The van der Waals surface area contributed by atoms with E-state index in [-0.39, 0.29) is 10.4 Å². The lowest BCUT2D eigenvalue weighted by atomic mass is 10.1. The minimum Gasteiger partial charge on any atom is -0.382 e. The molecular weight excluding hydrogens is 392 g/mol. The molecule has 0 spiro atoms. The molecule has 0 fully saturated rings. The molecule has 9 nitrogen and oxygen atoms in total. The summed E-state index contributed by atoms with van der Waals surface area (Å²) in [5.41, 5.74) is 1.83. The molecule has 0 amide bonds. The molecule has 0 aliphatic heterocycles. The first-order valence-electron chi connectivity index (χ1n) is 8.97. The molecule has 0 bridgehead atoms. The van der Waals surface area contributed by atoms with E-state index in [4.69, 9.17) is 4.74 Å². The topological polar surface area (TPSA) is 115 Å². The predicted molar refractivity (Wildman–Crippen MR) is 111 cm³/mol. The Morgan fingerprint density at radius 2 is 2.03 bits per heavy atom. The van der Waals surface area contributed by atoms with E-state index in [2.05, 4.69) is 25.6 Å². The minimum atomic E-state index is -3.32. The summed E-state index contributed by atoms with van der Waals surface area (Å²) in [6.07, 6.45) is 6.46. The van der Waals surface area contributed by atoms with Crippen LogP contribution in [-0.2, 0) is 20.1 Å². The Morgan fingerprint density at radius 1 is 1.24 bits per heavy atom. The summed E-state index contributed by atoms with van der Waals surface area (Å²) >= 11 is 0. The Balaban J connectivity index is 1.77. The van der Waals surface area contributed by atoms with Gasteiger partial charge in [0.1, 0.15) is 5.52 Å². The van der Waals surface area contributed by atoms with Gasteiger partial charge in [0.15, 0.2) is 15.7 Å². The molecule has 0 saturated carbocycles. The number of methoxy groups -OCH3 is 1. The number of fused-ring (bicyclic) bond motifs is 3. The second-order valence-corrected chi connectivity index (χ2v) is 9.63. The molecule has 4 aromatic rings. The van der Waals surface area contributed by atoms with Crippen molar-refractivity contribution in [3.05, 3.63) is 36.8 Å². The number of sulfone groups is 1. The van der Waals surface area contributed by atoms with Crippen LogP contribution in [0.15, 0.2) is 41.7 Å². The molecule has 4 rings (SSSR count). The number of pyridine rings is 1. The molecule has 29 heavy (non-hydrogen) atoms. The quantitative estimate of drug-likeness (QED) is 0.498. The Labute approximate surface area is 168 Å². The van der Waals surface area contributed by atoms with Gasteiger partial charge in [0.25, 0.3) is 0 Å². The standard InChI is InChI=1S/C19H22N6O3S/c1-19(2,11-28-3)25-10-12(8-21-25)22-18-17-15(9-20-24-17)14-7-13(29(4,26)27)5-6-16(14)23-18/h5-10H,11H2,1-4H3,(H,20,24)(H,22,23). The molecule has 0 atom stereocenters. The lowest BCUT2D eigenvalue weighted by molar-refractivity contribution is 0.101. The third-order valence-electron chi connectivity index (χ3n) is 4.76. The Morgan fingerprint density at radius 3 is 2.76 bits per heavy atom. The second kappa shape index (κ2) is 6.82. The molecule has 3 aromatic heterocycles. The van der Waals surface area contributed by atoms with Crippen molar-refractivity contribution in [2.24, 2.45) is 0 Å². The van der Waals surface area contributed by atoms with E-state index in [1.807, 2.05) is 24.7 Å². The monoisotopic (exact) mass is 414 g/mol. The van der Waals surface area contributed by atoms with E-state index in [0.717, 1.165) is 16.5 Å². The third kappa shape index (κ3) is 3.56. The van der Waals surface area contributed by atoms with Crippen molar-refractivity contribution in [1.82, 2.24) is 25.0 Å². The fourth-order valence-electron chi connectivity index (χ4n) is 3.27. The SMILES string of the molecule is COCC(C)(C)n1cc(Nc2nc3ccc(S(C)(=O)=O)cc3c3cn[nH]c23)cn1. The number of aromatic amines is 1. The summed E-state index contributed by atoms with van der Waals surface area (Å²) in [6.45, 7) is 4.60. The van der Waals surface area contributed by atoms with Gasteiger partial charge in [0.05, 0.1) is 40.6 Å². The number of nitrogens with one attached hydrogen (secondary N) is 2. The second-order valence-electron chi connectivity index (χ2n) is 7.61. The molecule has 0 radical (unpaired) electrons. The lowest BCUT2D eigenvalue weighted by Crippen LogP contribution is -2.31. The largest absolute Gasteiger partial charge is 0.382 e. The number of hydrogen-bond donors (Lipinski definition) is 2. The molecule has 152 valence electrons. The number of nitrogens with zero attached hydrogens (tertiary/aromatic N) is 4. The summed E-state index contributed by atoms with van der Waals surface area (Å²) in [5.74, 6) is 0.584. The van der Waals surface area contributed by atoms with Crippen molar-refractivity contribution < 1.29 is 13.2 Å². The smallest absolute Gasteiger partial charge is 0.175 e. The van der Waals surface area contributed by atoms with Gasteiger partial charge in [-0.2, -0.15) is 10.2 Å². The van der Waals surface area contributed by atoms with Crippen LogP contribution in [0.4, 0.5) is 11.5 Å². The zero-order valence-corrected chi connectivity index (χ0v) is 17.4. The molecule has 0 aliphatic carbocycles. The van der Waals surface area contributed by atoms with E-state index >= 15 is 0 Å². The van der Waals surface area contributed by atoms with Crippen LogP contribution in [0.2, 0.25) is 0 Å². The number of hydrogen-bond acceptors (Lipinski definition) is 7. The number of rotatable bonds is 6. The Hall–Kier alpha value is -2.98. The number of benzene rings is 1. The number of aromatic nitrogens is 5. The van der Waals surface area contributed by atoms with Gasteiger partial charge < -0.3 is 10.1 Å². The van der Waals surface area contributed by atoms with Crippen molar-refractivity contribution >= 4 is 43.1 Å². The van der Waals surface area contributed by atoms with Crippen molar-refractivity contribution in [3.63, 3.8) is 0 Å². The summed E-state index contributed by atoms with van der Waals surface area (Å²) in [6, 6.07) is 4.89. The zero-order chi connectivity index (χ0) is 20.8. The highest BCUT2D eigenvalue weighted by Gasteiger charge is 2.21. The van der Waals surface area contributed by atoms with Crippen LogP contribution >= 0.6 is 0 Å². The maximum atomic E-state index is 11.9. The highest BCUT2D eigenvalue weighted by Crippen LogP contribution is 2.31. The van der Waals surface area contributed by atoms with Gasteiger partial charge in [0, 0.05) is 30.3 Å². The lowest BCUT2D eigenvalue weighted by Gasteiger charge is -2.24. The maximum Gasteiger partial charge on any atom is 0.175 e. The van der Waals surface area contributed by atoms with E-state index in [0.29, 0.717) is 23.5 Å². The van der Waals surface area contributed by atoms with Crippen LogP contribution in [0.25, 0.3) is 21.8 Å². The van der Waals surface area contributed by atoms with Crippen molar-refractivity contribution in [3.8, 4) is 0 Å². The average molecular weight is 414 g/mol. The normalized spacial score (nSPS) is 12.7. The number of anilines is 2. The molecule has 2 N–H and O–H groups in total. The van der Waals surface area contributed by atoms with Gasteiger partial charge in [0.2, 0.25) is 0 Å². The number of ether oxygens (including phenoxy) is 1. The summed E-state index contributed by atoms with van der Waals surface area (Å²) in [7, 11) is -1.66. The summed E-state index contributed by atoms with van der Waals surface area (Å²) < 4.78 is 30.9. The first-order valence-corrected chi connectivity index (χ1v) is 10.9. The Bertz CT molecular complexity index is 1310. The van der Waals surface area contributed by atoms with Gasteiger partial charge in [-0.1, -0.05) is 0 Å². The van der Waals surface area contributed by atoms with Crippen LogP contribution in [0.1, 0.15) is 13.8 Å². The Kier molecular flexibility index (Phi) is 4.55. The fraction of sp³-hybridized carbons (Fsp3) is 0.316. The number of H-pyrrole nitrogens is 1. The first kappa shape index (κ1) is 19.3. The van der Waals surface area contributed by atoms with Crippen LogP contribution in [0.3, 0.4) is 0 Å². The zero-order valence-electron chi connectivity index (χ0n) is 16.6. The van der Waals surface area contributed by atoms with Crippen molar-refractivity contribution in [2.45, 2.75) is 24.3 Å². The van der Waals surface area contributed by atoms with E-state index in [9.17, 15) is 8.42 Å². The molecule has 0 unspecified atom stereocenters. The van der Waals surface area contributed by atoms with Crippen LogP contribution in [0, 0.1) is 0 Å². The van der Waals surface area contributed by atoms with Crippen LogP contribution < -0.4 is 5.32 Å². The first-order chi connectivity index (χ1) is 13.7. The fourth-order valence-corrected chi connectivity index (χ4v) is 3.92. The third-order valence-corrected chi connectivity index (χ3v) is 5.87. The summed E-state index contributed by atoms with van der Waals surface area (Å²) in [5, 5.41) is 16.3. The molecule has 0 saturated heterocycles. The average Bonchev–Trinajstić information content (AvgIpc) is 3.30. The molecular formula is C19H22N6O3S. The van der Waals surface area contributed by atoms with Crippen LogP contribution in [0.5, 0.6) is 0 Å². The van der Waals surface area contributed by atoms with Gasteiger partial charge in [-0.15, -0.1) is 0 Å². The molecule has 0 aliphatic rings. The van der Waals surface area contributed by atoms with E-state index in [1.165, 1.54) is 6.26 Å².